The third-order valence-electron chi connectivity index (χ3n) is 7.87. The van der Waals surface area contributed by atoms with Crippen molar-refractivity contribution in [1.29, 1.82) is 0 Å². The molecule has 1 atom stereocenters. The van der Waals surface area contributed by atoms with E-state index in [1.54, 1.807) is 0 Å². The van der Waals surface area contributed by atoms with Crippen molar-refractivity contribution in [3.05, 3.63) is 71.4 Å². The Balaban J connectivity index is 1.59. The van der Waals surface area contributed by atoms with Gasteiger partial charge in [-0.25, -0.2) is 36.0 Å². The largest absolute Gasteiger partial charge is 0.453 e. The zero-order chi connectivity index (χ0) is 37.9. The lowest BCUT2D eigenvalue weighted by molar-refractivity contribution is -0.144. The van der Waals surface area contributed by atoms with Gasteiger partial charge < -0.3 is 19.4 Å². The molecule has 0 saturated carbocycles. The van der Waals surface area contributed by atoms with E-state index in [4.69, 9.17) is 9.15 Å². The summed E-state index contributed by atoms with van der Waals surface area (Å²) in [5, 5.41) is 13.0. The van der Waals surface area contributed by atoms with Crippen LogP contribution in [0.2, 0.25) is 0 Å². The van der Waals surface area contributed by atoms with E-state index in [2.05, 4.69) is 25.6 Å². The topological polar surface area (TPSA) is 162 Å². The summed E-state index contributed by atoms with van der Waals surface area (Å²) in [4.78, 5) is 30.8. The molecule has 0 saturated heterocycles. The Bertz CT molecular complexity index is 2090. The van der Waals surface area contributed by atoms with Gasteiger partial charge in [0.2, 0.25) is 11.8 Å². The second-order valence-electron chi connectivity index (χ2n) is 13.3. The number of sulfone groups is 1. The summed E-state index contributed by atoms with van der Waals surface area (Å²) >= 11 is 0. The highest BCUT2D eigenvalue weighted by Gasteiger charge is 2.47. The summed E-state index contributed by atoms with van der Waals surface area (Å²) in [6, 6.07) is 4.94. The molecule has 4 aromatic rings. The number of alkyl halides is 5. The zero-order valence-electron chi connectivity index (χ0n) is 27.8. The number of fused-ring (bicyclic) bond motifs is 1. The molecule has 1 aliphatic rings. The molecule has 13 nitrogen and oxygen atoms in total. The quantitative estimate of drug-likeness (QED) is 0.233. The van der Waals surface area contributed by atoms with E-state index in [1.165, 1.54) is 58.9 Å². The van der Waals surface area contributed by atoms with Crippen molar-refractivity contribution in [2.24, 2.45) is 0 Å². The van der Waals surface area contributed by atoms with Gasteiger partial charge >= 0.3 is 12.3 Å². The maximum atomic E-state index is 16.0. The molecule has 3 heterocycles. The molecule has 1 unspecified atom stereocenters. The van der Waals surface area contributed by atoms with Gasteiger partial charge in [0.15, 0.2) is 9.84 Å². The van der Waals surface area contributed by atoms with Gasteiger partial charge in [-0.05, 0) is 64.4 Å². The molecule has 1 N–H and O–H groups in total. The highest BCUT2D eigenvalue weighted by atomic mass is 32.2. The molecular weight excluding hydrogens is 712 g/mol. The first-order valence-corrected chi connectivity index (χ1v) is 16.9. The number of hydrogen-bond donors (Lipinski definition) is 1. The molecule has 2 aromatic heterocycles. The van der Waals surface area contributed by atoms with Crippen molar-refractivity contribution in [3.8, 4) is 17.1 Å². The van der Waals surface area contributed by atoms with Gasteiger partial charge in [-0.1, -0.05) is 12.1 Å². The van der Waals surface area contributed by atoms with Gasteiger partial charge in [0.25, 0.3) is 17.6 Å². The maximum Gasteiger partial charge on any atom is 0.453 e. The summed E-state index contributed by atoms with van der Waals surface area (Å²) in [5.74, 6) is -8.58. The van der Waals surface area contributed by atoms with Gasteiger partial charge in [0, 0.05) is 18.2 Å². The number of rotatable bonds is 7. The molecule has 51 heavy (non-hydrogen) atoms. The van der Waals surface area contributed by atoms with Crippen LogP contribution in [0.25, 0.3) is 17.1 Å². The second-order valence-corrected chi connectivity index (χ2v) is 15.8. The number of anilines is 1. The van der Waals surface area contributed by atoms with Gasteiger partial charge in [-0.15, -0.1) is 15.3 Å². The number of carbonyl (C=O) groups is 2. The average molecular weight is 744 g/mol. The molecule has 274 valence electrons. The highest BCUT2D eigenvalue weighted by Crippen LogP contribution is 2.45. The Hall–Kier alpha value is -5.01. The molecule has 5 rings (SSSR count). The van der Waals surface area contributed by atoms with Crippen molar-refractivity contribution < 1.29 is 53.5 Å². The molecular formula is C31H31F6N7O6S. The molecule has 0 radical (unpaired) electrons. The summed E-state index contributed by atoms with van der Waals surface area (Å²) < 4.78 is 121. The van der Waals surface area contributed by atoms with Crippen LogP contribution in [0, 0.1) is 5.82 Å². The molecule has 1 aliphatic heterocycles. The van der Waals surface area contributed by atoms with Crippen molar-refractivity contribution in [3.63, 3.8) is 0 Å². The van der Waals surface area contributed by atoms with Gasteiger partial charge in [-0.2, -0.15) is 13.2 Å². The predicted octanol–water partition coefficient (Wildman–Crippen LogP) is 5.68. The number of aromatic nitrogens is 5. The summed E-state index contributed by atoms with van der Waals surface area (Å²) in [6.45, 7) is 6.66. The van der Waals surface area contributed by atoms with Gasteiger partial charge in [0.1, 0.15) is 28.5 Å². The van der Waals surface area contributed by atoms with Crippen molar-refractivity contribution in [2.45, 2.75) is 76.1 Å². The molecule has 2 aromatic carbocycles. The Morgan fingerprint density at radius 2 is 1.73 bits per heavy atom. The number of hydrogen-bond acceptors (Lipinski definition) is 10. The third-order valence-corrected chi connectivity index (χ3v) is 9.90. The second kappa shape index (κ2) is 12.6. The Morgan fingerprint density at radius 3 is 2.29 bits per heavy atom. The van der Waals surface area contributed by atoms with E-state index in [-0.39, 0.29) is 11.3 Å². The first-order chi connectivity index (χ1) is 23.4. The molecule has 0 spiro atoms. The lowest BCUT2D eigenvalue weighted by Crippen LogP contribution is -2.49. The van der Waals surface area contributed by atoms with Crippen LogP contribution in [0.15, 0.2) is 47.1 Å². The van der Waals surface area contributed by atoms with Crippen LogP contribution >= 0.6 is 0 Å². The average Bonchev–Trinajstić information content (AvgIpc) is 3.68. The number of benzene rings is 2. The zero-order valence-corrected chi connectivity index (χ0v) is 28.7. The highest BCUT2D eigenvalue weighted by molar-refractivity contribution is 7.91. The number of nitrogens with one attached hydrogen (secondary N) is 1. The molecule has 0 aliphatic carbocycles. The standard InChI is InChI=1S/C31H31F6N7O6S/c1-28(2,3)50-27(46)39-21-13-30(33,34)19-12-20(32)18(23-40-41-26(49-23)29(4,5)51(6,47)48)11-22(19)43(24(21)45)14-16-7-9-17(10-8-16)44-15-38-25(42-44)31(35,36)37/h7-12,15,21H,13-14H2,1-6H3,(H,39,46). The van der Waals surface area contributed by atoms with Gasteiger partial charge in [-0.3, -0.25) is 4.79 Å². The first kappa shape index (κ1) is 37.3. The van der Waals surface area contributed by atoms with Crippen LogP contribution < -0.4 is 10.2 Å². The number of carbonyl (C=O) groups excluding carboxylic acids is 2. The molecule has 0 fully saturated rings. The minimum absolute atomic E-state index is 0.147. The number of nitrogens with zero attached hydrogens (tertiary/aromatic N) is 6. The third kappa shape index (κ3) is 7.69. The van der Waals surface area contributed by atoms with Crippen LogP contribution in [0.5, 0.6) is 0 Å². The minimum atomic E-state index is -4.79. The van der Waals surface area contributed by atoms with Crippen molar-refractivity contribution in [2.75, 3.05) is 11.2 Å². The van der Waals surface area contributed by atoms with Crippen molar-refractivity contribution in [1.82, 2.24) is 30.3 Å². The van der Waals surface area contributed by atoms with Crippen LogP contribution in [0.4, 0.5) is 36.8 Å². The van der Waals surface area contributed by atoms with E-state index in [0.717, 1.165) is 28.2 Å². The lowest BCUT2D eigenvalue weighted by Gasteiger charge is -2.27. The van der Waals surface area contributed by atoms with Crippen LogP contribution in [0.1, 0.15) is 63.9 Å². The summed E-state index contributed by atoms with van der Waals surface area (Å²) in [5.41, 5.74) is -2.61. The predicted molar refractivity (Wildman–Crippen MR) is 167 cm³/mol. The summed E-state index contributed by atoms with van der Waals surface area (Å²) in [6.07, 6.45) is -5.48. The first-order valence-electron chi connectivity index (χ1n) is 15.0. The van der Waals surface area contributed by atoms with Crippen LogP contribution in [-0.2, 0) is 42.8 Å². The summed E-state index contributed by atoms with van der Waals surface area (Å²) in [7, 11) is -3.82. The molecule has 0 bridgehead atoms. The van der Waals surface area contributed by atoms with Crippen LogP contribution in [-0.4, -0.2) is 63.3 Å². The Morgan fingerprint density at radius 1 is 1.08 bits per heavy atom. The van der Waals surface area contributed by atoms with E-state index in [9.17, 15) is 31.2 Å². The fourth-order valence-electron chi connectivity index (χ4n) is 4.92. The monoisotopic (exact) mass is 743 g/mol. The fourth-order valence-corrected chi connectivity index (χ4v) is 5.32. The normalized spacial score (nSPS) is 16.8. The maximum absolute atomic E-state index is 16.0. The Labute approximate surface area is 286 Å². The smallest absolute Gasteiger partial charge is 0.444 e. The van der Waals surface area contributed by atoms with E-state index < -0.39 is 104 Å². The Kier molecular flexibility index (Phi) is 9.23. The van der Waals surface area contributed by atoms with E-state index >= 15 is 13.2 Å². The van der Waals surface area contributed by atoms with Gasteiger partial charge in [0.05, 0.1) is 23.5 Å². The van der Waals surface area contributed by atoms with E-state index in [1.807, 2.05) is 0 Å². The number of halogens is 6. The van der Waals surface area contributed by atoms with Crippen LogP contribution in [0.3, 0.4) is 0 Å². The van der Waals surface area contributed by atoms with Crippen molar-refractivity contribution >= 4 is 27.5 Å². The number of amides is 2. The number of alkyl carbamates (subject to hydrolysis) is 1. The SMILES string of the molecule is CC(C)(C)OC(=O)NC1CC(F)(F)c2cc(F)c(-c3nnc(C(C)(C)S(C)(=O)=O)o3)cc2N(Cc2ccc(-n3cnc(C(F)(F)F)n3)cc2)C1=O. The lowest BCUT2D eigenvalue weighted by atomic mass is 9.99. The molecule has 20 heteroatoms. The fraction of sp³-hybridized carbons (Fsp3) is 0.419. The minimum Gasteiger partial charge on any atom is -0.444 e. The van der Waals surface area contributed by atoms with E-state index in [0.29, 0.717) is 6.07 Å². The molecule has 2 amide bonds. The number of ether oxygens (including phenoxy) is 1.